The quantitative estimate of drug-likeness (QED) is 0.770. The van der Waals surface area contributed by atoms with Crippen LogP contribution in [0.15, 0.2) is 54.6 Å². The number of carbonyl (C=O) groups is 2. The molecule has 148 valence electrons. The van der Waals surface area contributed by atoms with Gasteiger partial charge in [0.05, 0.1) is 5.92 Å². The summed E-state index contributed by atoms with van der Waals surface area (Å²) in [5.41, 5.74) is 1.74. The second-order valence-corrected chi connectivity index (χ2v) is 7.29. The van der Waals surface area contributed by atoms with Gasteiger partial charge in [-0.05, 0) is 42.6 Å². The van der Waals surface area contributed by atoms with E-state index in [0.29, 0.717) is 13.1 Å². The second kappa shape index (κ2) is 9.46. The van der Waals surface area contributed by atoms with Crippen molar-refractivity contribution in [2.24, 2.45) is 5.92 Å². The zero-order valence-electron chi connectivity index (χ0n) is 15.7. The number of likely N-dealkylation sites (tertiary alicyclic amines) is 1. The van der Waals surface area contributed by atoms with Crippen LogP contribution in [0.5, 0.6) is 0 Å². The summed E-state index contributed by atoms with van der Waals surface area (Å²) in [6, 6.07) is 14.8. The van der Waals surface area contributed by atoms with E-state index >= 15 is 0 Å². The molecule has 5 nitrogen and oxygen atoms in total. The van der Waals surface area contributed by atoms with Gasteiger partial charge in [-0.2, -0.15) is 0 Å². The Bertz CT molecular complexity index is 812. The van der Waals surface area contributed by atoms with Crippen molar-refractivity contribution in [2.45, 2.75) is 31.8 Å². The lowest BCUT2D eigenvalue weighted by molar-refractivity contribution is -0.142. The van der Waals surface area contributed by atoms with Crippen molar-refractivity contribution in [3.05, 3.63) is 71.5 Å². The van der Waals surface area contributed by atoms with Crippen LogP contribution >= 0.6 is 0 Å². The number of carboxylic acids is 1. The first-order valence-electron chi connectivity index (χ1n) is 9.55. The second-order valence-electron chi connectivity index (χ2n) is 7.29. The molecule has 0 radical (unpaired) electrons. The molecule has 1 heterocycles. The maximum absolute atomic E-state index is 13.4. The Labute approximate surface area is 164 Å². The normalized spacial score (nSPS) is 18.4. The fraction of sp³-hybridized carbons (Fsp3) is 0.364. The summed E-state index contributed by atoms with van der Waals surface area (Å²) in [5, 5.41) is 12.2. The third kappa shape index (κ3) is 5.63. The molecule has 2 aromatic rings. The van der Waals surface area contributed by atoms with E-state index in [1.807, 2.05) is 36.4 Å². The van der Waals surface area contributed by atoms with E-state index in [9.17, 15) is 19.1 Å². The largest absolute Gasteiger partial charge is 0.480 e. The first-order chi connectivity index (χ1) is 13.5. The van der Waals surface area contributed by atoms with Crippen LogP contribution in [0, 0.1) is 11.7 Å². The zero-order chi connectivity index (χ0) is 19.9. The van der Waals surface area contributed by atoms with Gasteiger partial charge in [0.1, 0.15) is 11.9 Å². The molecule has 0 saturated carbocycles. The van der Waals surface area contributed by atoms with E-state index < -0.39 is 12.0 Å². The van der Waals surface area contributed by atoms with Crippen LogP contribution < -0.4 is 5.32 Å². The molecule has 2 aromatic carbocycles. The molecule has 1 saturated heterocycles. The highest BCUT2D eigenvalue weighted by atomic mass is 19.1. The van der Waals surface area contributed by atoms with Crippen LogP contribution in [-0.2, 0) is 22.6 Å². The standard InChI is InChI=1S/C22H25FN2O3/c23-19-10-4-8-17(12-19)14-25-11-5-9-18(15-25)21(26)24-20(22(27)28)13-16-6-2-1-3-7-16/h1-4,6-8,10,12,18,20H,5,9,11,13-15H2,(H,24,26)(H,27,28)/t18-,20-/m1/s1. The number of amides is 1. The number of piperidine rings is 1. The number of benzene rings is 2. The number of rotatable bonds is 7. The van der Waals surface area contributed by atoms with E-state index in [1.165, 1.54) is 12.1 Å². The first kappa shape index (κ1) is 20.0. The van der Waals surface area contributed by atoms with Crippen LogP contribution in [0.3, 0.4) is 0 Å². The third-order valence-electron chi connectivity index (χ3n) is 5.07. The number of aliphatic carboxylic acids is 1. The van der Waals surface area contributed by atoms with Crippen LogP contribution in [0.25, 0.3) is 0 Å². The minimum absolute atomic E-state index is 0.229. The molecule has 0 aliphatic carbocycles. The summed E-state index contributed by atoms with van der Waals surface area (Å²) in [7, 11) is 0. The Hall–Kier alpha value is -2.73. The fourth-order valence-electron chi connectivity index (χ4n) is 3.65. The molecule has 1 aliphatic heterocycles. The van der Waals surface area contributed by atoms with Crippen molar-refractivity contribution in [3.8, 4) is 0 Å². The van der Waals surface area contributed by atoms with Gasteiger partial charge in [-0.15, -0.1) is 0 Å². The van der Waals surface area contributed by atoms with Crippen molar-refractivity contribution < 1.29 is 19.1 Å². The fourth-order valence-corrected chi connectivity index (χ4v) is 3.65. The zero-order valence-corrected chi connectivity index (χ0v) is 15.7. The Morgan fingerprint density at radius 1 is 1.14 bits per heavy atom. The smallest absolute Gasteiger partial charge is 0.326 e. The van der Waals surface area contributed by atoms with Crippen molar-refractivity contribution in [1.82, 2.24) is 10.2 Å². The number of carbonyl (C=O) groups excluding carboxylic acids is 1. The van der Waals surface area contributed by atoms with Crippen molar-refractivity contribution >= 4 is 11.9 Å². The first-order valence-corrected chi connectivity index (χ1v) is 9.55. The molecule has 1 amide bonds. The average Bonchev–Trinajstić information content (AvgIpc) is 2.68. The van der Waals surface area contributed by atoms with Gasteiger partial charge in [-0.25, -0.2) is 9.18 Å². The summed E-state index contributed by atoms with van der Waals surface area (Å²) < 4.78 is 13.4. The highest BCUT2D eigenvalue weighted by Gasteiger charge is 2.29. The molecule has 0 spiro atoms. The summed E-state index contributed by atoms with van der Waals surface area (Å²) in [6.45, 7) is 1.96. The van der Waals surface area contributed by atoms with Crippen LogP contribution in [-0.4, -0.2) is 41.0 Å². The molecule has 1 aliphatic rings. The molecular weight excluding hydrogens is 359 g/mol. The Balaban J connectivity index is 1.58. The topological polar surface area (TPSA) is 69.6 Å². The van der Waals surface area contributed by atoms with Crippen LogP contribution in [0.1, 0.15) is 24.0 Å². The van der Waals surface area contributed by atoms with Gasteiger partial charge in [-0.3, -0.25) is 9.69 Å². The molecule has 2 N–H and O–H groups in total. The summed E-state index contributed by atoms with van der Waals surface area (Å²) in [6.07, 6.45) is 1.83. The van der Waals surface area contributed by atoms with Gasteiger partial charge >= 0.3 is 5.97 Å². The van der Waals surface area contributed by atoms with E-state index in [4.69, 9.17) is 0 Å². The summed E-state index contributed by atoms with van der Waals surface area (Å²) in [5.74, 6) is -1.80. The lowest BCUT2D eigenvalue weighted by Gasteiger charge is -2.32. The predicted molar refractivity (Wildman–Crippen MR) is 104 cm³/mol. The van der Waals surface area contributed by atoms with Crippen LogP contribution in [0.4, 0.5) is 4.39 Å². The monoisotopic (exact) mass is 384 g/mol. The maximum Gasteiger partial charge on any atom is 0.326 e. The van der Waals surface area contributed by atoms with Gasteiger partial charge < -0.3 is 10.4 Å². The third-order valence-corrected chi connectivity index (χ3v) is 5.07. The minimum atomic E-state index is -1.04. The van der Waals surface area contributed by atoms with Gasteiger partial charge in [0.2, 0.25) is 5.91 Å². The lowest BCUT2D eigenvalue weighted by atomic mass is 9.95. The van der Waals surface area contributed by atoms with E-state index in [1.54, 1.807) is 6.07 Å². The molecule has 0 aromatic heterocycles. The van der Waals surface area contributed by atoms with Gasteiger partial charge in [-0.1, -0.05) is 42.5 Å². The lowest BCUT2D eigenvalue weighted by Crippen LogP contribution is -2.48. The number of nitrogens with one attached hydrogen (secondary N) is 1. The molecule has 28 heavy (non-hydrogen) atoms. The average molecular weight is 384 g/mol. The maximum atomic E-state index is 13.4. The van der Waals surface area contributed by atoms with Crippen molar-refractivity contribution in [2.75, 3.05) is 13.1 Å². The van der Waals surface area contributed by atoms with E-state index in [0.717, 1.165) is 30.5 Å². The number of hydrogen-bond acceptors (Lipinski definition) is 3. The molecule has 6 heteroatoms. The predicted octanol–water partition coefficient (Wildman–Crippen LogP) is 2.85. The summed E-state index contributed by atoms with van der Waals surface area (Å²) in [4.78, 5) is 26.4. The van der Waals surface area contributed by atoms with E-state index in [2.05, 4.69) is 10.2 Å². The van der Waals surface area contributed by atoms with Gasteiger partial charge in [0.25, 0.3) is 0 Å². The SMILES string of the molecule is O=C(N[C@H](Cc1ccccc1)C(=O)O)[C@@H]1CCCN(Cc2cccc(F)c2)C1. The van der Waals surface area contributed by atoms with Crippen molar-refractivity contribution in [1.29, 1.82) is 0 Å². The number of nitrogens with zero attached hydrogens (tertiary/aromatic N) is 1. The number of halogens is 1. The van der Waals surface area contributed by atoms with Gasteiger partial charge in [0.15, 0.2) is 0 Å². The minimum Gasteiger partial charge on any atom is -0.480 e. The van der Waals surface area contributed by atoms with Crippen LogP contribution in [0.2, 0.25) is 0 Å². The number of carboxylic acid groups (broad SMARTS) is 1. The highest BCUT2D eigenvalue weighted by molar-refractivity contribution is 5.85. The summed E-state index contributed by atoms with van der Waals surface area (Å²) >= 11 is 0. The molecule has 1 fully saturated rings. The highest BCUT2D eigenvalue weighted by Crippen LogP contribution is 2.19. The molecule has 0 unspecified atom stereocenters. The van der Waals surface area contributed by atoms with Gasteiger partial charge in [0, 0.05) is 19.5 Å². The van der Waals surface area contributed by atoms with Crippen molar-refractivity contribution in [3.63, 3.8) is 0 Å². The molecule has 0 bridgehead atoms. The Kier molecular flexibility index (Phi) is 6.76. The molecule has 2 atom stereocenters. The Morgan fingerprint density at radius 3 is 2.61 bits per heavy atom. The van der Waals surface area contributed by atoms with E-state index in [-0.39, 0.29) is 24.1 Å². The Morgan fingerprint density at radius 2 is 1.89 bits per heavy atom. The molecular formula is C22H25FN2O3. The molecule has 3 rings (SSSR count). The number of hydrogen-bond donors (Lipinski definition) is 2.